The van der Waals surface area contributed by atoms with Crippen molar-refractivity contribution in [2.45, 2.75) is 18.9 Å². The predicted molar refractivity (Wildman–Crippen MR) is 74.3 cm³/mol. The summed E-state index contributed by atoms with van der Waals surface area (Å²) in [6.45, 7) is 0.548. The van der Waals surface area contributed by atoms with Crippen LogP contribution in [-0.2, 0) is 0 Å². The monoisotopic (exact) mass is 283 g/mol. The zero-order chi connectivity index (χ0) is 13.8. The molecule has 1 saturated carbocycles. The Labute approximate surface area is 118 Å². The van der Waals surface area contributed by atoms with Crippen molar-refractivity contribution in [1.82, 2.24) is 4.90 Å². The van der Waals surface area contributed by atoms with Gasteiger partial charge < -0.3 is 14.4 Å². The molecule has 0 N–H and O–H groups in total. The Balaban J connectivity index is 2.35. The zero-order valence-electron chi connectivity index (χ0n) is 11.2. The van der Waals surface area contributed by atoms with Crippen LogP contribution in [0.4, 0.5) is 0 Å². The average Bonchev–Trinajstić information content (AvgIpc) is 3.27. The van der Waals surface area contributed by atoms with Crippen LogP contribution in [0.1, 0.15) is 23.2 Å². The van der Waals surface area contributed by atoms with Crippen LogP contribution in [0.2, 0.25) is 0 Å². The van der Waals surface area contributed by atoms with Crippen LogP contribution in [0.5, 0.6) is 11.5 Å². The molecule has 0 heterocycles. The van der Waals surface area contributed by atoms with Crippen molar-refractivity contribution >= 4 is 17.5 Å². The zero-order valence-corrected chi connectivity index (χ0v) is 11.9. The van der Waals surface area contributed by atoms with Gasteiger partial charge in [-0.25, -0.2) is 0 Å². The third kappa shape index (κ3) is 2.95. The number of carbonyl (C=O) groups is 1. The van der Waals surface area contributed by atoms with Gasteiger partial charge in [0.1, 0.15) is 17.1 Å². The normalized spacial score (nSPS) is 14.1. The summed E-state index contributed by atoms with van der Waals surface area (Å²) in [5.74, 6) is 1.42. The number of alkyl halides is 1. The highest BCUT2D eigenvalue weighted by atomic mass is 35.5. The topological polar surface area (TPSA) is 38.8 Å². The number of hydrogen-bond donors (Lipinski definition) is 0. The van der Waals surface area contributed by atoms with Gasteiger partial charge in [0.25, 0.3) is 5.91 Å². The van der Waals surface area contributed by atoms with Crippen molar-refractivity contribution in [3.63, 3.8) is 0 Å². The largest absolute Gasteiger partial charge is 0.496 e. The fraction of sp³-hybridized carbons (Fsp3) is 0.500. The Kier molecular flexibility index (Phi) is 4.53. The number of rotatable bonds is 6. The molecule has 2 rings (SSSR count). The molecule has 1 fully saturated rings. The van der Waals surface area contributed by atoms with Crippen molar-refractivity contribution in [2.24, 2.45) is 0 Å². The molecule has 4 nitrogen and oxygen atoms in total. The van der Waals surface area contributed by atoms with Gasteiger partial charge in [-0.15, -0.1) is 11.6 Å². The Morgan fingerprint density at radius 3 is 2.32 bits per heavy atom. The Hall–Kier alpha value is -1.42. The number of ether oxygens (including phenoxy) is 2. The number of carbonyl (C=O) groups excluding carboxylic acids is 1. The van der Waals surface area contributed by atoms with Crippen LogP contribution in [0.15, 0.2) is 18.2 Å². The van der Waals surface area contributed by atoms with Gasteiger partial charge in [-0.1, -0.05) is 6.07 Å². The summed E-state index contributed by atoms with van der Waals surface area (Å²) in [5, 5.41) is 0. The molecule has 104 valence electrons. The smallest absolute Gasteiger partial charge is 0.261 e. The van der Waals surface area contributed by atoms with Crippen LogP contribution < -0.4 is 9.47 Å². The van der Waals surface area contributed by atoms with Crippen LogP contribution in [0.3, 0.4) is 0 Å². The lowest BCUT2D eigenvalue weighted by atomic mass is 10.1. The Bertz CT molecular complexity index is 438. The first kappa shape index (κ1) is 14.0. The third-order valence-electron chi connectivity index (χ3n) is 3.22. The molecule has 0 atom stereocenters. The van der Waals surface area contributed by atoms with Crippen LogP contribution in [0.25, 0.3) is 0 Å². The number of nitrogens with zero attached hydrogens (tertiary/aromatic N) is 1. The van der Waals surface area contributed by atoms with E-state index in [-0.39, 0.29) is 5.91 Å². The molecule has 1 amide bonds. The molecule has 19 heavy (non-hydrogen) atoms. The maximum absolute atomic E-state index is 12.7. The maximum Gasteiger partial charge on any atom is 0.261 e. The number of hydrogen-bond acceptors (Lipinski definition) is 3. The van der Waals surface area contributed by atoms with Crippen LogP contribution in [0, 0.1) is 0 Å². The van der Waals surface area contributed by atoms with E-state index in [9.17, 15) is 4.79 Å². The lowest BCUT2D eigenvalue weighted by Crippen LogP contribution is -2.35. The van der Waals surface area contributed by atoms with E-state index in [1.165, 1.54) is 0 Å². The van der Waals surface area contributed by atoms with Crippen LogP contribution in [-0.4, -0.2) is 43.5 Å². The van der Waals surface area contributed by atoms with E-state index in [1.807, 2.05) is 4.90 Å². The van der Waals surface area contributed by atoms with Gasteiger partial charge in [0, 0.05) is 18.5 Å². The first-order valence-electron chi connectivity index (χ1n) is 6.30. The number of methoxy groups -OCH3 is 2. The summed E-state index contributed by atoms with van der Waals surface area (Å²) in [5.41, 5.74) is 0.476. The summed E-state index contributed by atoms with van der Waals surface area (Å²) in [4.78, 5) is 14.5. The van der Waals surface area contributed by atoms with Crippen molar-refractivity contribution in [2.75, 3.05) is 26.6 Å². The summed E-state index contributed by atoms with van der Waals surface area (Å²) in [6.07, 6.45) is 2.08. The standard InChI is InChI=1S/C14H18ClNO3/c1-18-11-4-3-5-12(19-2)13(11)14(17)16(9-8-15)10-6-7-10/h3-5,10H,6-9H2,1-2H3. The Morgan fingerprint density at radius 1 is 1.32 bits per heavy atom. The number of benzene rings is 1. The summed E-state index contributed by atoms with van der Waals surface area (Å²) in [6, 6.07) is 5.64. The molecule has 0 saturated heterocycles. The molecular formula is C14H18ClNO3. The minimum absolute atomic E-state index is 0.0718. The van der Waals surface area contributed by atoms with Gasteiger partial charge in [0.05, 0.1) is 14.2 Å². The molecule has 1 aliphatic carbocycles. The summed E-state index contributed by atoms with van der Waals surface area (Å²) < 4.78 is 10.6. The minimum atomic E-state index is -0.0718. The first-order valence-corrected chi connectivity index (χ1v) is 6.84. The quantitative estimate of drug-likeness (QED) is 0.753. The van der Waals surface area contributed by atoms with Crippen LogP contribution >= 0.6 is 11.6 Å². The fourth-order valence-corrected chi connectivity index (χ4v) is 2.31. The van der Waals surface area contributed by atoms with Crippen molar-refractivity contribution in [3.8, 4) is 11.5 Å². The third-order valence-corrected chi connectivity index (χ3v) is 3.38. The van der Waals surface area contributed by atoms with Gasteiger partial charge in [0.2, 0.25) is 0 Å². The SMILES string of the molecule is COc1cccc(OC)c1C(=O)N(CCCl)C1CC1. The van der Waals surface area contributed by atoms with E-state index in [4.69, 9.17) is 21.1 Å². The molecule has 0 aromatic heterocycles. The fourth-order valence-electron chi connectivity index (χ4n) is 2.13. The van der Waals surface area contributed by atoms with Gasteiger partial charge in [-0.3, -0.25) is 4.79 Å². The number of halogens is 1. The molecule has 1 aromatic carbocycles. The molecule has 0 spiro atoms. The molecule has 1 aliphatic rings. The van der Waals surface area contributed by atoms with Crippen molar-refractivity contribution in [3.05, 3.63) is 23.8 Å². The molecule has 0 aliphatic heterocycles. The van der Waals surface area contributed by atoms with E-state index in [1.54, 1.807) is 32.4 Å². The molecule has 5 heteroatoms. The summed E-state index contributed by atoms with van der Waals surface area (Å²) in [7, 11) is 3.10. The van der Waals surface area contributed by atoms with E-state index >= 15 is 0 Å². The van der Waals surface area contributed by atoms with E-state index in [0.29, 0.717) is 35.5 Å². The van der Waals surface area contributed by atoms with E-state index in [0.717, 1.165) is 12.8 Å². The second-order valence-corrected chi connectivity index (χ2v) is 4.83. The lowest BCUT2D eigenvalue weighted by molar-refractivity contribution is 0.0746. The summed E-state index contributed by atoms with van der Waals surface area (Å²) >= 11 is 5.79. The van der Waals surface area contributed by atoms with Gasteiger partial charge in [0.15, 0.2) is 0 Å². The van der Waals surface area contributed by atoms with Crippen molar-refractivity contribution < 1.29 is 14.3 Å². The van der Waals surface area contributed by atoms with E-state index in [2.05, 4.69) is 0 Å². The minimum Gasteiger partial charge on any atom is -0.496 e. The molecule has 0 bridgehead atoms. The Morgan fingerprint density at radius 2 is 1.89 bits per heavy atom. The van der Waals surface area contributed by atoms with Gasteiger partial charge in [-0.05, 0) is 25.0 Å². The number of amides is 1. The predicted octanol–water partition coefficient (Wildman–Crippen LogP) is 2.55. The highest BCUT2D eigenvalue weighted by molar-refractivity contribution is 6.18. The highest BCUT2D eigenvalue weighted by Gasteiger charge is 2.34. The van der Waals surface area contributed by atoms with Gasteiger partial charge in [-0.2, -0.15) is 0 Å². The lowest BCUT2D eigenvalue weighted by Gasteiger charge is -2.23. The van der Waals surface area contributed by atoms with E-state index < -0.39 is 0 Å². The average molecular weight is 284 g/mol. The van der Waals surface area contributed by atoms with Gasteiger partial charge >= 0.3 is 0 Å². The maximum atomic E-state index is 12.7. The molecule has 1 aromatic rings. The molecule has 0 radical (unpaired) electrons. The van der Waals surface area contributed by atoms with Crippen molar-refractivity contribution in [1.29, 1.82) is 0 Å². The molecule has 0 unspecified atom stereocenters. The second-order valence-electron chi connectivity index (χ2n) is 4.46. The highest BCUT2D eigenvalue weighted by Crippen LogP contribution is 2.34. The first-order chi connectivity index (χ1) is 9.22. The molecular weight excluding hydrogens is 266 g/mol. The second kappa shape index (κ2) is 6.15.